The van der Waals surface area contributed by atoms with Crippen LogP contribution in [-0.4, -0.2) is 50.5 Å². The molecule has 0 spiro atoms. The molecule has 0 radical (unpaired) electrons. The van der Waals surface area contributed by atoms with Gasteiger partial charge in [0.1, 0.15) is 0 Å². The Morgan fingerprint density at radius 2 is 1.77 bits per heavy atom. The molecule has 5 fully saturated rings. The molecular weight excluding hydrogens is 388 g/mol. The Labute approximate surface area is 184 Å². The number of aliphatic hydroxyl groups excluding tert-OH is 1. The van der Waals surface area contributed by atoms with Gasteiger partial charge in [-0.25, -0.2) is 4.98 Å². The number of likely N-dealkylation sites (tertiary alicyclic amines) is 1. The number of rotatable bonds is 5. The summed E-state index contributed by atoms with van der Waals surface area (Å²) in [6, 6.07) is 6.08. The van der Waals surface area contributed by atoms with Crippen LogP contribution >= 0.6 is 0 Å². The van der Waals surface area contributed by atoms with Gasteiger partial charge in [0, 0.05) is 24.9 Å². The van der Waals surface area contributed by atoms with Crippen LogP contribution in [0.4, 0.5) is 0 Å². The average molecular weight is 423 g/mol. The molecule has 6 nitrogen and oxygen atoms in total. The first-order valence-electron chi connectivity index (χ1n) is 12.2. The van der Waals surface area contributed by atoms with Crippen molar-refractivity contribution in [1.29, 1.82) is 0 Å². The summed E-state index contributed by atoms with van der Waals surface area (Å²) in [6.45, 7) is 3.00. The summed E-state index contributed by atoms with van der Waals surface area (Å²) < 4.78 is 1.98. The van der Waals surface area contributed by atoms with Crippen LogP contribution in [0.25, 0.3) is 5.52 Å². The second-order valence-electron chi connectivity index (χ2n) is 10.9. The predicted octanol–water partition coefficient (Wildman–Crippen LogP) is 3.24. The van der Waals surface area contributed by atoms with Crippen LogP contribution in [0.1, 0.15) is 67.7 Å². The Morgan fingerprint density at radius 1 is 1.10 bits per heavy atom. The van der Waals surface area contributed by atoms with Crippen LogP contribution < -0.4 is 5.32 Å². The van der Waals surface area contributed by atoms with Crippen LogP contribution in [0.2, 0.25) is 0 Å². The van der Waals surface area contributed by atoms with Gasteiger partial charge in [0.2, 0.25) is 5.82 Å². The number of hydrogen-bond donors (Lipinski definition) is 2. The Balaban J connectivity index is 1.24. The molecule has 6 heteroatoms. The maximum atomic E-state index is 13.5. The Morgan fingerprint density at radius 3 is 2.42 bits per heavy atom. The number of aromatic nitrogens is 2. The van der Waals surface area contributed by atoms with Crippen molar-refractivity contribution in [2.24, 2.45) is 23.7 Å². The van der Waals surface area contributed by atoms with E-state index in [9.17, 15) is 9.90 Å². The maximum Gasteiger partial charge on any atom is 0.288 e. The van der Waals surface area contributed by atoms with E-state index in [-0.39, 0.29) is 18.1 Å². The largest absolute Gasteiger partial charge is 0.396 e. The standard InChI is InChI=1S/C25H34N4O2/c30-16-17-4-7-28(8-5-17)15-21-22-3-1-2-6-29(22)23(26-21)24(31)27-25-12-18-9-19(13-25)11-20(10-18)14-25/h1-3,6,17-20,30H,4-5,7-16H2,(H,27,31). The van der Waals surface area contributed by atoms with Gasteiger partial charge in [0.05, 0.1) is 11.2 Å². The summed E-state index contributed by atoms with van der Waals surface area (Å²) in [7, 11) is 0. The zero-order valence-electron chi connectivity index (χ0n) is 18.3. The Kier molecular flexibility index (Phi) is 4.83. The van der Waals surface area contributed by atoms with Gasteiger partial charge >= 0.3 is 0 Å². The molecular formula is C25H34N4O2. The fourth-order valence-electron chi connectivity index (χ4n) is 7.48. The minimum absolute atomic E-state index is 0.00120. The van der Waals surface area contributed by atoms with Crippen molar-refractivity contribution in [3.8, 4) is 0 Å². The molecule has 4 bridgehead atoms. The monoisotopic (exact) mass is 422 g/mol. The molecule has 0 aromatic carbocycles. The summed E-state index contributed by atoms with van der Waals surface area (Å²) in [5.41, 5.74) is 2.01. The van der Waals surface area contributed by atoms with Crippen molar-refractivity contribution in [1.82, 2.24) is 19.6 Å². The summed E-state index contributed by atoms with van der Waals surface area (Å²) in [6.07, 6.45) is 11.6. The zero-order valence-corrected chi connectivity index (χ0v) is 18.3. The number of fused-ring (bicyclic) bond motifs is 1. The number of nitrogens with zero attached hydrogens (tertiary/aromatic N) is 3. The normalized spacial score (nSPS) is 33.3. The van der Waals surface area contributed by atoms with Gasteiger partial charge in [0.25, 0.3) is 5.91 Å². The topological polar surface area (TPSA) is 69.9 Å². The smallest absolute Gasteiger partial charge is 0.288 e. The summed E-state index contributed by atoms with van der Waals surface area (Å²) >= 11 is 0. The van der Waals surface area contributed by atoms with Gasteiger partial charge in [-0.15, -0.1) is 0 Å². The van der Waals surface area contributed by atoms with Gasteiger partial charge in [-0.05, 0) is 100 Å². The first-order valence-corrected chi connectivity index (χ1v) is 12.2. The molecule has 1 amide bonds. The number of amides is 1. The van der Waals surface area contributed by atoms with Gasteiger partial charge in [-0.2, -0.15) is 0 Å². The first-order chi connectivity index (χ1) is 15.1. The third-order valence-corrected chi connectivity index (χ3v) is 8.58. The molecule has 3 heterocycles. The average Bonchev–Trinajstić information content (AvgIpc) is 3.12. The molecule has 5 aliphatic rings. The lowest BCUT2D eigenvalue weighted by molar-refractivity contribution is -0.0169. The number of carbonyl (C=O) groups excluding carboxylic acids is 1. The number of carbonyl (C=O) groups is 1. The molecule has 0 unspecified atom stereocenters. The minimum Gasteiger partial charge on any atom is -0.396 e. The van der Waals surface area contributed by atoms with Crippen LogP contribution in [0.5, 0.6) is 0 Å². The van der Waals surface area contributed by atoms with Crippen molar-refractivity contribution in [3.05, 3.63) is 35.9 Å². The fourth-order valence-corrected chi connectivity index (χ4v) is 7.48. The molecule has 7 rings (SSSR count). The van der Waals surface area contributed by atoms with Crippen molar-refractivity contribution in [2.75, 3.05) is 19.7 Å². The van der Waals surface area contributed by atoms with Crippen molar-refractivity contribution >= 4 is 11.4 Å². The minimum atomic E-state index is -0.00612. The highest BCUT2D eigenvalue weighted by Crippen LogP contribution is 2.55. The number of pyridine rings is 1. The number of hydrogen-bond acceptors (Lipinski definition) is 4. The Hall–Kier alpha value is -1.92. The van der Waals surface area contributed by atoms with E-state index in [1.165, 1.54) is 19.3 Å². The van der Waals surface area contributed by atoms with Gasteiger partial charge in [0.15, 0.2) is 0 Å². The predicted molar refractivity (Wildman–Crippen MR) is 119 cm³/mol. The Bertz CT molecular complexity index is 940. The van der Waals surface area contributed by atoms with Crippen LogP contribution in [0.3, 0.4) is 0 Å². The lowest BCUT2D eigenvalue weighted by atomic mass is 9.53. The van der Waals surface area contributed by atoms with Gasteiger partial charge in [-0.1, -0.05) is 6.07 Å². The van der Waals surface area contributed by atoms with Gasteiger partial charge in [-0.3, -0.25) is 14.1 Å². The summed E-state index contributed by atoms with van der Waals surface area (Å²) in [5, 5.41) is 12.9. The van der Waals surface area contributed by atoms with E-state index in [1.54, 1.807) is 0 Å². The van der Waals surface area contributed by atoms with Crippen LogP contribution in [0, 0.1) is 23.7 Å². The van der Waals surface area contributed by atoms with E-state index in [0.29, 0.717) is 11.7 Å². The number of nitrogens with one attached hydrogen (secondary N) is 1. The molecule has 0 atom stereocenters. The third kappa shape index (κ3) is 3.58. The molecule has 31 heavy (non-hydrogen) atoms. The molecule has 4 aliphatic carbocycles. The molecule has 2 N–H and O–H groups in total. The highest BCUT2D eigenvalue weighted by Gasteiger charge is 2.51. The van der Waals surface area contributed by atoms with Crippen molar-refractivity contribution in [3.63, 3.8) is 0 Å². The number of aliphatic hydroxyl groups is 1. The molecule has 1 aliphatic heterocycles. The maximum absolute atomic E-state index is 13.5. The molecule has 1 saturated heterocycles. The highest BCUT2D eigenvalue weighted by molar-refractivity contribution is 5.92. The number of piperidine rings is 1. The summed E-state index contributed by atoms with van der Waals surface area (Å²) in [4.78, 5) is 20.8. The van der Waals surface area contributed by atoms with E-state index in [4.69, 9.17) is 4.98 Å². The molecule has 166 valence electrons. The van der Waals surface area contributed by atoms with Crippen molar-refractivity contribution in [2.45, 2.75) is 63.5 Å². The van der Waals surface area contributed by atoms with E-state index in [0.717, 1.165) is 80.7 Å². The quantitative estimate of drug-likeness (QED) is 0.776. The second-order valence-corrected chi connectivity index (χ2v) is 10.9. The van der Waals surface area contributed by atoms with E-state index < -0.39 is 0 Å². The number of imidazole rings is 1. The molecule has 2 aromatic rings. The van der Waals surface area contributed by atoms with E-state index in [1.807, 2.05) is 22.7 Å². The highest BCUT2D eigenvalue weighted by atomic mass is 16.3. The zero-order chi connectivity index (χ0) is 21.0. The van der Waals surface area contributed by atoms with E-state index >= 15 is 0 Å². The SMILES string of the molecule is O=C(NC12CC3CC(CC(C3)C1)C2)c1nc(CN2CCC(CO)CC2)c2ccccn12. The van der Waals surface area contributed by atoms with E-state index in [2.05, 4.69) is 16.3 Å². The second kappa shape index (κ2) is 7.59. The lowest BCUT2D eigenvalue weighted by Gasteiger charge is -2.56. The fraction of sp³-hybridized carbons (Fsp3) is 0.680. The summed E-state index contributed by atoms with van der Waals surface area (Å²) in [5.74, 6) is 3.37. The van der Waals surface area contributed by atoms with Crippen molar-refractivity contribution < 1.29 is 9.90 Å². The third-order valence-electron chi connectivity index (χ3n) is 8.58. The first kappa shape index (κ1) is 19.7. The molecule has 2 aromatic heterocycles. The van der Waals surface area contributed by atoms with Crippen LogP contribution in [0.15, 0.2) is 24.4 Å². The van der Waals surface area contributed by atoms with Gasteiger partial charge < -0.3 is 10.4 Å². The lowest BCUT2D eigenvalue weighted by Crippen LogP contribution is -2.60. The van der Waals surface area contributed by atoms with Crippen LogP contribution in [-0.2, 0) is 6.54 Å². The molecule has 4 saturated carbocycles.